The summed E-state index contributed by atoms with van der Waals surface area (Å²) in [6, 6.07) is 0. The van der Waals surface area contributed by atoms with E-state index in [1.54, 1.807) is 25.7 Å². The maximum Gasteiger partial charge on any atom is -0.00540 e. The number of hydrogen-bond donors (Lipinski definition) is 0. The van der Waals surface area contributed by atoms with Gasteiger partial charge in [0, 0.05) is 0 Å². The van der Waals surface area contributed by atoms with Crippen LogP contribution < -0.4 is 0 Å². The molecule has 0 aliphatic heterocycles. The van der Waals surface area contributed by atoms with E-state index in [2.05, 4.69) is 0 Å². The molecule has 0 aromatic carbocycles. The van der Waals surface area contributed by atoms with Crippen LogP contribution in [0, 0.1) is 90.7 Å². The number of hydrogen-bond acceptors (Lipinski definition) is 0. The highest BCUT2D eigenvalue weighted by Gasteiger charge is 3.44. The summed E-state index contributed by atoms with van der Waals surface area (Å²) in [4.78, 5) is 0. The molecule has 13 aliphatic carbocycles. The topological polar surface area (TPSA) is 0 Å². The molecule has 13 fully saturated rings. The Morgan fingerprint density at radius 3 is 1.55 bits per heavy atom. The molecule has 0 radical (unpaired) electrons. The van der Waals surface area contributed by atoms with E-state index in [1.165, 1.54) is 47.3 Å². The first-order chi connectivity index (χ1) is 9.88. The molecule has 16 atom stereocenters. The van der Waals surface area contributed by atoms with Crippen molar-refractivity contribution in [3.05, 3.63) is 0 Å². The molecule has 0 nitrogen and oxygen atoms in total. The van der Waals surface area contributed by atoms with Gasteiger partial charge in [0.1, 0.15) is 0 Å². The van der Waals surface area contributed by atoms with E-state index in [1.807, 2.05) is 0 Å². The van der Waals surface area contributed by atoms with Gasteiger partial charge in [0.25, 0.3) is 0 Å². The SMILES string of the molecule is C1C2C3C4C5CC6C78CC9C%10CC%11%12C1C2%11C31C%10%12C97C41C568. The Balaban J connectivity index is 1.39. The van der Waals surface area contributed by atoms with Crippen LogP contribution in [-0.4, -0.2) is 0 Å². The van der Waals surface area contributed by atoms with Gasteiger partial charge in [-0.3, -0.25) is 0 Å². The van der Waals surface area contributed by atoms with E-state index in [0.29, 0.717) is 0 Å². The third-order valence-corrected chi connectivity index (χ3v) is 15.9. The van der Waals surface area contributed by atoms with Crippen LogP contribution in [0.2, 0.25) is 0 Å². The van der Waals surface area contributed by atoms with Crippen LogP contribution in [0.5, 0.6) is 0 Å². The van der Waals surface area contributed by atoms with Crippen LogP contribution >= 0.6 is 0 Å². The lowest BCUT2D eigenvalue weighted by atomic mass is 8.76. The predicted octanol–water partition coefficient (Wildman–Crippen LogP) is 2.54. The summed E-state index contributed by atoms with van der Waals surface area (Å²) < 4.78 is 0. The lowest BCUT2D eigenvalue weighted by Gasteiger charge is -3.26. The van der Waals surface area contributed by atoms with Gasteiger partial charge in [0.15, 0.2) is 0 Å². The van der Waals surface area contributed by atoms with E-state index in [4.69, 9.17) is 0 Å². The second-order valence-electron chi connectivity index (χ2n) is 12.4. The van der Waals surface area contributed by atoms with Crippen LogP contribution in [-0.2, 0) is 0 Å². The maximum absolute atomic E-state index is 1.78. The minimum absolute atomic E-state index is 1.08. The lowest BCUT2D eigenvalue weighted by Crippen LogP contribution is -3.24. The van der Waals surface area contributed by atoms with E-state index in [-0.39, 0.29) is 0 Å². The predicted molar refractivity (Wildman–Crippen MR) is 65.9 cm³/mol. The molecule has 0 heteroatoms. The smallest absolute Gasteiger partial charge is 0.00540 e. The fourth-order valence-corrected chi connectivity index (χ4v) is 18.7. The van der Waals surface area contributed by atoms with Gasteiger partial charge in [-0.25, -0.2) is 0 Å². The van der Waals surface area contributed by atoms with E-state index < -0.39 is 0 Å². The summed E-state index contributed by atoms with van der Waals surface area (Å²) in [6.07, 6.45) is 7.08. The fourth-order valence-electron chi connectivity index (χ4n) is 18.7. The Bertz CT molecular complexity index is 813. The highest BCUT2D eigenvalue weighted by molar-refractivity contribution is 5.89. The van der Waals surface area contributed by atoms with Crippen molar-refractivity contribution >= 4 is 0 Å². The van der Waals surface area contributed by atoms with Crippen molar-refractivity contribution in [1.29, 1.82) is 0 Å². The average molecular weight is 256 g/mol. The Labute approximate surface area is 117 Å². The highest BCUT2D eigenvalue weighted by atomic mass is 15.5. The summed E-state index contributed by atoms with van der Waals surface area (Å²) >= 11 is 0. The molecule has 0 N–H and O–H groups in total. The first kappa shape index (κ1) is 7.05. The summed E-state index contributed by atoms with van der Waals surface area (Å²) in [5.41, 5.74) is 8.86. The number of rotatable bonds is 0. The van der Waals surface area contributed by atoms with Gasteiger partial charge >= 0.3 is 0 Å². The molecule has 0 bridgehead atoms. The molecule has 16 unspecified atom stereocenters. The molecule has 0 saturated heterocycles. The summed E-state index contributed by atoms with van der Waals surface area (Å²) in [7, 11) is 0. The van der Waals surface area contributed by atoms with Crippen LogP contribution in [0.1, 0.15) is 25.7 Å². The largest absolute Gasteiger partial charge is 0.0456 e. The van der Waals surface area contributed by atoms with Gasteiger partial charge in [0.2, 0.25) is 0 Å². The van der Waals surface area contributed by atoms with Crippen LogP contribution in [0.15, 0.2) is 0 Å². The molecular weight excluding hydrogens is 240 g/mol. The first-order valence-corrected chi connectivity index (χ1v) is 9.88. The van der Waals surface area contributed by atoms with E-state index in [9.17, 15) is 0 Å². The summed E-state index contributed by atoms with van der Waals surface area (Å²) in [5, 5.41) is 0. The molecule has 13 saturated carbocycles. The van der Waals surface area contributed by atoms with Crippen molar-refractivity contribution in [3.8, 4) is 0 Å². The molecule has 20 heavy (non-hydrogen) atoms. The molecule has 13 aliphatic rings. The highest BCUT2D eigenvalue weighted by Crippen LogP contribution is 3.46. The molecule has 96 valence electrons. The van der Waals surface area contributed by atoms with Crippen LogP contribution in [0.25, 0.3) is 0 Å². The van der Waals surface area contributed by atoms with E-state index >= 15 is 0 Å². The zero-order valence-corrected chi connectivity index (χ0v) is 11.4. The number of fused-ring (bicyclic) bond motifs is 4. The minimum Gasteiger partial charge on any atom is -0.0456 e. The van der Waals surface area contributed by atoms with Gasteiger partial charge in [-0.15, -0.1) is 0 Å². The Morgan fingerprint density at radius 2 is 1.05 bits per heavy atom. The molecular formula is C20H16. The average Bonchev–Trinajstić information content (AvgIpc) is 3.09. The Morgan fingerprint density at radius 1 is 0.550 bits per heavy atom. The standard InChI is InChI=1S/C20H16/c1-5-11-12-6-2-10-14-4-8-7-3-13-9(1)15(5,13)19(11)17(7,13)18(8,14)20(12,19)16(6,10)14/h5-12H,1-4H2. The van der Waals surface area contributed by atoms with Crippen molar-refractivity contribution in [1.82, 2.24) is 0 Å². The van der Waals surface area contributed by atoms with Crippen LogP contribution in [0.4, 0.5) is 0 Å². The molecule has 0 amide bonds. The first-order valence-electron chi connectivity index (χ1n) is 9.88. The van der Waals surface area contributed by atoms with Gasteiger partial charge < -0.3 is 0 Å². The molecule has 0 aromatic rings. The molecule has 8 spiro atoms. The van der Waals surface area contributed by atoms with Crippen molar-refractivity contribution in [2.75, 3.05) is 0 Å². The maximum atomic E-state index is 1.78. The van der Waals surface area contributed by atoms with Gasteiger partial charge in [-0.05, 0) is 116 Å². The zero-order chi connectivity index (χ0) is 11.4. The lowest BCUT2D eigenvalue weighted by molar-refractivity contribution is -0.814. The van der Waals surface area contributed by atoms with Crippen molar-refractivity contribution in [3.63, 3.8) is 0 Å². The van der Waals surface area contributed by atoms with Crippen molar-refractivity contribution in [2.45, 2.75) is 25.7 Å². The second-order valence-corrected chi connectivity index (χ2v) is 12.4. The van der Waals surface area contributed by atoms with Gasteiger partial charge in [-0.2, -0.15) is 0 Å². The van der Waals surface area contributed by atoms with Crippen LogP contribution in [0.3, 0.4) is 0 Å². The van der Waals surface area contributed by atoms with E-state index in [0.717, 1.165) is 43.3 Å². The van der Waals surface area contributed by atoms with Gasteiger partial charge in [-0.1, -0.05) is 0 Å². The zero-order valence-electron chi connectivity index (χ0n) is 11.4. The van der Waals surface area contributed by atoms with Crippen molar-refractivity contribution in [2.24, 2.45) is 90.7 Å². The quantitative estimate of drug-likeness (QED) is 0.625. The second kappa shape index (κ2) is 1.07. The van der Waals surface area contributed by atoms with Gasteiger partial charge in [0.05, 0.1) is 0 Å². The Hall–Kier alpha value is 0. The molecule has 0 heterocycles. The Kier molecular flexibility index (Phi) is 0.376. The normalized spacial score (nSPS) is 125. The minimum atomic E-state index is 1.08. The monoisotopic (exact) mass is 256 g/mol. The molecule has 13 rings (SSSR count). The third kappa shape index (κ3) is 0.161. The van der Waals surface area contributed by atoms with Crippen molar-refractivity contribution < 1.29 is 0 Å². The summed E-state index contributed by atoms with van der Waals surface area (Å²) in [5.74, 6) is 10.7. The molecule has 0 aromatic heterocycles. The fraction of sp³-hybridized carbons (Fsp3) is 1.00. The summed E-state index contributed by atoms with van der Waals surface area (Å²) in [6.45, 7) is 0. The third-order valence-electron chi connectivity index (χ3n) is 15.9.